The number of hydrogen-bond acceptors (Lipinski definition) is 4. The van der Waals surface area contributed by atoms with Crippen molar-refractivity contribution in [3.63, 3.8) is 0 Å². The summed E-state index contributed by atoms with van der Waals surface area (Å²) in [5, 5.41) is 2.97. The van der Waals surface area contributed by atoms with Crippen LogP contribution in [0.25, 0.3) is 0 Å². The highest BCUT2D eigenvalue weighted by atomic mass is 35.5. The number of carbonyl (C=O) groups is 2. The van der Waals surface area contributed by atoms with E-state index in [-0.39, 0.29) is 17.3 Å². The van der Waals surface area contributed by atoms with Gasteiger partial charge in [0, 0.05) is 18.6 Å². The van der Waals surface area contributed by atoms with Gasteiger partial charge in [0.25, 0.3) is 10.0 Å². The molecule has 0 radical (unpaired) electrons. The van der Waals surface area contributed by atoms with Gasteiger partial charge in [-0.3, -0.25) is 13.9 Å². The van der Waals surface area contributed by atoms with Crippen molar-refractivity contribution in [2.24, 2.45) is 0 Å². The lowest BCUT2D eigenvalue weighted by atomic mass is 10.1. The lowest BCUT2D eigenvalue weighted by molar-refractivity contribution is -0.138. The number of carbonyl (C=O) groups excluding carboxylic acids is 2. The zero-order valence-electron chi connectivity index (χ0n) is 20.5. The maximum atomic E-state index is 13.7. The molecule has 3 aromatic carbocycles. The van der Waals surface area contributed by atoms with Crippen LogP contribution < -0.4 is 9.62 Å². The van der Waals surface area contributed by atoms with Crippen molar-refractivity contribution in [2.45, 2.75) is 31.2 Å². The first-order valence-electron chi connectivity index (χ1n) is 11.5. The van der Waals surface area contributed by atoms with Crippen molar-refractivity contribution in [3.8, 4) is 0 Å². The molecule has 0 fully saturated rings. The molecule has 0 aromatic heterocycles. The molecule has 0 saturated heterocycles. The van der Waals surface area contributed by atoms with E-state index in [0.717, 1.165) is 15.4 Å². The molecular formula is C27H30ClN3O4S. The van der Waals surface area contributed by atoms with Crippen molar-refractivity contribution in [1.82, 2.24) is 10.2 Å². The third kappa shape index (κ3) is 6.65. The molecule has 7 nitrogen and oxygen atoms in total. The summed E-state index contributed by atoms with van der Waals surface area (Å²) < 4.78 is 28.4. The Kier molecular flexibility index (Phi) is 9.12. The highest BCUT2D eigenvalue weighted by Gasteiger charge is 2.32. The smallest absolute Gasteiger partial charge is 0.264 e. The lowest BCUT2D eigenvalue weighted by Crippen LogP contribution is -2.51. The van der Waals surface area contributed by atoms with Gasteiger partial charge in [-0.1, -0.05) is 59.6 Å². The van der Waals surface area contributed by atoms with Crippen molar-refractivity contribution < 1.29 is 18.0 Å². The first kappa shape index (κ1) is 27.2. The van der Waals surface area contributed by atoms with Crippen molar-refractivity contribution in [3.05, 3.63) is 95.0 Å². The van der Waals surface area contributed by atoms with Crippen LogP contribution in [-0.2, 0) is 26.0 Å². The van der Waals surface area contributed by atoms with Gasteiger partial charge in [0.2, 0.25) is 11.8 Å². The summed E-state index contributed by atoms with van der Waals surface area (Å²) in [4.78, 5) is 27.5. The summed E-state index contributed by atoms with van der Waals surface area (Å²) in [6.45, 7) is 3.30. The second-order valence-electron chi connectivity index (χ2n) is 8.41. The average Bonchev–Trinajstić information content (AvgIpc) is 2.88. The van der Waals surface area contributed by atoms with Crippen LogP contribution in [0.4, 0.5) is 5.69 Å². The summed E-state index contributed by atoms with van der Waals surface area (Å²) >= 11 is 5.96. The number of anilines is 1. The molecule has 0 unspecified atom stereocenters. The third-order valence-corrected chi connectivity index (χ3v) is 7.94. The first-order chi connectivity index (χ1) is 17.1. The largest absolute Gasteiger partial charge is 0.357 e. The molecule has 0 aliphatic rings. The van der Waals surface area contributed by atoms with Crippen LogP contribution in [0.3, 0.4) is 0 Å². The van der Waals surface area contributed by atoms with Gasteiger partial charge < -0.3 is 10.2 Å². The fraction of sp³-hybridized carbons (Fsp3) is 0.259. The van der Waals surface area contributed by atoms with Gasteiger partial charge in [0.1, 0.15) is 12.6 Å². The molecule has 2 amide bonds. The number of nitrogens with zero attached hydrogens (tertiary/aromatic N) is 2. The Balaban J connectivity index is 1.96. The van der Waals surface area contributed by atoms with Crippen LogP contribution in [0.5, 0.6) is 0 Å². The molecule has 9 heteroatoms. The maximum Gasteiger partial charge on any atom is 0.264 e. The van der Waals surface area contributed by atoms with E-state index < -0.39 is 28.5 Å². The number of rotatable bonds is 10. The number of benzene rings is 3. The van der Waals surface area contributed by atoms with E-state index in [9.17, 15) is 18.0 Å². The molecule has 0 spiro atoms. The zero-order chi connectivity index (χ0) is 26.3. The Bertz CT molecular complexity index is 1280. The second-order valence-corrected chi connectivity index (χ2v) is 10.7. The average molecular weight is 528 g/mol. The molecule has 3 aromatic rings. The van der Waals surface area contributed by atoms with Crippen molar-refractivity contribution in [1.29, 1.82) is 0 Å². The molecular weight excluding hydrogens is 498 g/mol. The number of hydrogen-bond donors (Lipinski definition) is 1. The van der Waals surface area contributed by atoms with Gasteiger partial charge in [0.05, 0.1) is 10.6 Å². The molecule has 0 heterocycles. The lowest BCUT2D eigenvalue weighted by Gasteiger charge is -2.31. The summed E-state index contributed by atoms with van der Waals surface area (Å²) in [5.41, 5.74) is 2.30. The molecule has 0 saturated carbocycles. The monoisotopic (exact) mass is 527 g/mol. The van der Waals surface area contributed by atoms with Crippen LogP contribution in [0.15, 0.2) is 83.8 Å². The predicted molar refractivity (Wildman–Crippen MR) is 143 cm³/mol. The normalized spacial score (nSPS) is 12.0. The summed E-state index contributed by atoms with van der Waals surface area (Å²) in [6, 6.07) is 21.5. The van der Waals surface area contributed by atoms with E-state index in [1.807, 2.05) is 37.3 Å². The summed E-state index contributed by atoms with van der Waals surface area (Å²) in [7, 11) is -2.60. The van der Waals surface area contributed by atoms with Gasteiger partial charge in [0.15, 0.2) is 0 Å². The second kappa shape index (κ2) is 12.1. The minimum absolute atomic E-state index is 0.00969. The number of nitrogens with one attached hydrogen (secondary N) is 1. The van der Waals surface area contributed by atoms with Gasteiger partial charge in [-0.25, -0.2) is 8.42 Å². The molecule has 0 bridgehead atoms. The maximum absolute atomic E-state index is 13.7. The molecule has 0 aliphatic carbocycles. The fourth-order valence-electron chi connectivity index (χ4n) is 3.75. The number of likely N-dealkylation sites (N-methyl/N-ethyl adjacent to an activating group) is 1. The molecule has 1 atom stereocenters. The zero-order valence-corrected chi connectivity index (χ0v) is 22.1. The summed E-state index contributed by atoms with van der Waals surface area (Å²) in [5.74, 6) is -0.820. The third-order valence-electron chi connectivity index (χ3n) is 5.90. The minimum Gasteiger partial charge on any atom is -0.357 e. The van der Waals surface area contributed by atoms with Crippen LogP contribution in [0, 0.1) is 6.92 Å². The van der Waals surface area contributed by atoms with Crippen molar-refractivity contribution >= 4 is 39.1 Å². The minimum atomic E-state index is -4.10. The topological polar surface area (TPSA) is 86.8 Å². The fourth-order valence-corrected chi connectivity index (χ4v) is 5.29. The predicted octanol–water partition coefficient (Wildman–Crippen LogP) is 4.05. The highest BCUT2D eigenvalue weighted by Crippen LogP contribution is 2.25. The number of aryl methyl sites for hydroxylation is 1. The standard InChI is InChI=1S/C27H30ClN3O4S/c1-20-9-13-24(14-10-20)31(36(34,35)25-15-11-23(28)12-16-25)19-26(32)30(21(2)27(33)29-3)18-17-22-7-5-4-6-8-22/h4-16,21H,17-19H2,1-3H3,(H,29,33)/t21-/m1/s1. The van der Waals surface area contributed by atoms with E-state index in [2.05, 4.69) is 5.32 Å². The van der Waals surface area contributed by atoms with Gasteiger partial charge in [-0.2, -0.15) is 0 Å². The van der Waals surface area contributed by atoms with E-state index in [1.165, 1.54) is 36.2 Å². The van der Waals surface area contributed by atoms with Crippen LogP contribution in [0.1, 0.15) is 18.1 Å². The van der Waals surface area contributed by atoms with E-state index >= 15 is 0 Å². The summed E-state index contributed by atoms with van der Waals surface area (Å²) in [6.07, 6.45) is 0.516. The Morgan fingerprint density at radius 3 is 2.14 bits per heavy atom. The molecule has 3 rings (SSSR count). The molecule has 36 heavy (non-hydrogen) atoms. The van der Waals surface area contributed by atoms with Crippen molar-refractivity contribution in [2.75, 3.05) is 24.4 Å². The SMILES string of the molecule is CNC(=O)[C@@H](C)N(CCc1ccccc1)C(=O)CN(c1ccc(C)cc1)S(=O)(=O)c1ccc(Cl)cc1. The number of amides is 2. The Labute approximate surface area is 217 Å². The Morgan fingerprint density at radius 1 is 0.944 bits per heavy atom. The molecule has 190 valence electrons. The van der Waals surface area contributed by atoms with Crippen LogP contribution in [-0.4, -0.2) is 51.3 Å². The number of halogens is 1. The van der Waals surface area contributed by atoms with Crippen LogP contribution >= 0.6 is 11.6 Å². The van der Waals surface area contributed by atoms with E-state index in [1.54, 1.807) is 31.2 Å². The Hall–Kier alpha value is -3.36. The van der Waals surface area contributed by atoms with E-state index in [0.29, 0.717) is 17.1 Å². The molecule has 1 N–H and O–H groups in total. The quantitative estimate of drug-likeness (QED) is 0.431. The van der Waals surface area contributed by atoms with Gasteiger partial charge >= 0.3 is 0 Å². The molecule has 0 aliphatic heterocycles. The van der Waals surface area contributed by atoms with E-state index in [4.69, 9.17) is 11.6 Å². The van der Waals surface area contributed by atoms with Gasteiger partial charge in [-0.15, -0.1) is 0 Å². The van der Waals surface area contributed by atoms with Crippen LogP contribution in [0.2, 0.25) is 5.02 Å². The highest BCUT2D eigenvalue weighted by molar-refractivity contribution is 7.92. The first-order valence-corrected chi connectivity index (χ1v) is 13.3. The number of sulfonamides is 1. The van der Waals surface area contributed by atoms with Gasteiger partial charge in [-0.05, 0) is 62.2 Å². The Morgan fingerprint density at radius 2 is 1.56 bits per heavy atom.